The van der Waals surface area contributed by atoms with Crippen LogP contribution in [-0.2, 0) is 9.53 Å². The molecule has 0 unspecified atom stereocenters. The van der Waals surface area contributed by atoms with Crippen LogP contribution in [0.2, 0.25) is 0 Å². The molecule has 0 heterocycles. The molecule has 1 saturated carbocycles. The van der Waals surface area contributed by atoms with Crippen molar-refractivity contribution in [3.63, 3.8) is 0 Å². The highest BCUT2D eigenvalue weighted by molar-refractivity contribution is 5.71. The van der Waals surface area contributed by atoms with Crippen molar-refractivity contribution >= 4 is 5.97 Å². The third kappa shape index (κ3) is 4.09. The Kier molecular flexibility index (Phi) is 4.94. The zero-order valence-electron chi connectivity index (χ0n) is 9.21. The minimum atomic E-state index is -0.172. The molecule has 0 atom stereocenters. The van der Waals surface area contributed by atoms with E-state index < -0.39 is 0 Å². The van der Waals surface area contributed by atoms with E-state index >= 15 is 0 Å². The van der Waals surface area contributed by atoms with E-state index in [2.05, 4.69) is 17.0 Å². The number of esters is 1. The van der Waals surface area contributed by atoms with Crippen molar-refractivity contribution in [3.8, 4) is 0 Å². The summed E-state index contributed by atoms with van der Waals surface area (Å²) < 4.78 is 4.56. The number of carbonyl (C=O) groups excluding carboxylic acids is 1. The molecular weight excluding hydrogens is 178 g/mol. The predicted molar refractivity (Wildman–Crippen MR) is 56.0 cm³/mol. The molecule has 0 spiro atoms. The molecule has 0 aromatic rings. The minimum Gasteiger partial charge on any atom is -0.468 e. The lowest BCUT2D eigenvalue weighted by Crippen LogP contribution is -2.30. The van der Waals surface area contributed by atoms with Gasteiger partial charge in [0.25, 0.3) is 0 Å². The van der Waals surface area contributed by atoms with Gasteiger partial charge >= 0.3 is 5.97 Å². The molecule has 1 aliphatic carbocycles. The van der Waals surface area contributed by atoms with Gasteiger partial charge in [0.2, 0.25) is 0 Å². The second-order valence-corrected chi connectivity index (χ2v) is 4.33. The molecular formula is C11H21NO2. The first-order valence-electron chi connectivity index (χ1n) is 5.50. The monoisotopic (exact) mass is 199 g/mol. The van der Waals surface area contributed by atoms with Crippen molar-refractivity contribution in [2.45, 2.75) is 32.6 Å². The molecule has 14 heavy (non-hydrogen) atoms. The minimum absolute atomic E-state index is 0.172. The topological polar surface area (TPSA) is 38.3 Å². The highest BCUT2D eigenvalue weighted by Crippen LogP contribution is 2.27. The fourth-order valence-corrected chi connectivity index (χ4v) is 1.98. The number of methoxy groups -OCH3 is 1. The molecule has 0 amide bonds. The van der Waals surface area contributed by atoms with E-state index in [9.17, 15) is 4.79 Å². The quantitative estimate of drug-likeness (QED) is 0.698. The third-order valence-corrected chi connectivity index (χ3v) is 3.07. The predicted octanol–water partition coefficient (Wildman–Crippen LogP) is 1.58. The lowest BCUT2D eigenvalue weighted by atomic mass is 9.83. The first-order chi connectivity index (χ1) is 6.72. The van der Waals surface area contributed by atoms with Crippen LogP contribution >= 0.6 is 0 Å². The van der Waals surface area contributed by atoms with Crippen LogP contribution < -0.4 is 5.32 Å². The van der Waals surface area contributed by atoms with E-state index in [1.165, 1.54) is 32.8 Å². The van der Waals surface area contributed by atoms with Crippen LogP contribution in [0, 0.1) is 11.8 Å². The van der Waals surface area contributed by atoms with E-state index in [0.29, 0.717) is 6.54 Å². The highest BCUT2D eigenvalue weighted by Gasteiger charge is 2.17. The van der Waals surface area contributed by atoms with E-state index in [1.54, 1.807) is 0 Å². The lowest BCUT2D eigenvalue weighted by molar-refractivity contribution is -0.139. The van der Waals surface area contributed by atoms with Gasteiger partial charge in [-0.1, -0.05) is 19.8 Å². The van der Waals surface area contributed by atoms with E-state index in [4.69, 9.17) is 0 Å². The molecule has 3 nitrogen and oxygen atoms in total. The van der Waals surface area contributed by atoms with Gasteiger partial charge in [-0.25, -0.2) is 0 Å². The number of hydrogen-bond acceptors (Lipinski definition) is 3. The first-order valence-corrected chi connectivity index (χ1v) is 5.50. The molecule has 82 valence electrons. The maximum atomic E-state index is 10.8. The van der Waals surface area contributed by atoms with Gasteiger partial charge in [-0.15, -0.1) is 0 Å². The summed E-state index contributed by atoms with van der Waals surface area (Å²) in [7, 11) is 1.42. The summed E-state index contributed by atoms with van der Waals surface area (Å²) in [6.07, 6.45) is 5.28. The van der Waals surface area contributed by atoms with Crippen LogP contribution in [0.1, 0.15) is 32.6 Å². The average molecular weight is 199 g/mol. The zero-order valence-corrected chi connectivity index (χ0v) is 9.21. The molecule has 0 aromatic heterocycles. The number of carbonyl (C=O) groups is 1. The molecule has 1 rings (SSSR count). The summed E-state index contributed by atoms with van der Waals surface area (Å²) in [5.74, 6) is 1.48. The van der Waals surface area contributed by atoms with E-state index in [-0.39, 0.29) is 5.97 Å². The Morgan fingerprint density at radius 1 is 1.36 bits per heavy atom. The molecule has 0 saturated heterocycles. The average Bonchev–Trinajstić information content (AvgIpc) is 2.21. The Morgan fingerprint density at radius 2 is 2.00 bits per heavy atom. The SMILES string of the molecule is COC(=O)CNCC1CCC(C)CC1. The summed E-state index contributed by atoms with van der Waals surface area (Å²) in [4.78, 5) is 10.8. The Morgan fingerprint density at radius 3 is 2.57 bits per heavy atom. The highest BCUT2D eigenvalue weighted by atomic mass is 16.5. The second-order valence-electron chi connectivity index (χ2n) is 4.33. The zero-order chi connectivity index (χ0) is 10.4. The smallest absolute Gasteiger partial charge is 0.319 e. The van der Waals surface area contributed by atoms with Crippen LogP contribution in [0.25, 0.3) is 0 Å². The lowest BCUT2D eigenvalue weighted by Gasteiger charge is -2.26. The number of ether oxygens (including phenoxy) is 1. The van der Waals surface area contributed by atoms with Crippen molar-refractivity contribution in [1.82, 2.24) is 5.32 Å². The Labute approximate surface area is 86.2 Å². The summed E-state index contributed by atoms with van der Waals surface area (Å²) in [6.45, 7) is 3.63. The van der Waals surface area contributed by atoms with Crippen LogP contribution in [0.5, 0.6) is 0 Å². The number of nitrogens with one attached hydrogen (secondary N) is 1. The maximum Gasteiger partial charge on any atom is 0.319 e. The molecule has 0 aliphatic heterocycles. The summed E-state index contributed by atoms with van der Waals surface area (Å²) in [5, 5.41) is 3.15. The number of rotatable bonds is 4. The van der Waals surface area contributed by atoms with Crippen molar-refractivity contribution in [2.75, 3.05) is 20.2 Å². The van der Waals surface area contributed by atoms with Gasteiger partial charge in [0, 0.05) is 0 Å². The number of hydrogen-bond donors (Lipinski definition) is 1. The first kappa shape index (κ1) is 11.5. The normalized spacial score (nSPS) is 27.3. The van der Waals surface area contributed by atoms with Gasteiger partial charge in [-0.3, -0.25) is 4.79 Å². The molecule has 1 aliphatic rings. The van der Waals surface area contributed by atoms with Crippen molar-refractivity contribution in [3.05, 3.63) is 0 Å². The Bertz CT molecular complexity index is 174. The summed E-state index contributed by atoms with van der Waals surface area (Å²) >= 11 is 0. The Hall–Kier alpha value is -0.570. The molecule has 1 fully saturated rings. The standard InChI is InChI=1S/C11H21NO2/c1-9-3-5-10(6-4-9)7-12-8-11(13)14-2/h9-10,12H,3-8H2,1-2H3. The van der Waals surface area contributed by atoms with Gasteiger partial charge in [-0.05, 0) is 31.2 Å². The fraction of sp³-hybridized carbons (Fsp3) is 0.909. The van der Waals surface area contributed by atoms with Crippen molar-refractivity contribution in [1.29, 1.82) is 0 Å². The van der Waals surface area contributed by atoms with Crippen molar-refractivity contribution < 1.29 is 9.53 Å². The second kappa shape index (κ2) is 6.02. The molecule has 1 N–H and O–H groups in total. The van der Waals surface area contributed by atoms with E-state index in [1.807, 2.05) is 0 Å². The summed E-state index contributed by atoms with van der Waals surface area (Å²) in [5.41, 5.74) is 0. The Balaban J connectivity index is 2.04. The van der Waals surface area contributed by atoms with Gasteiger partial charge in [0.1, 0.15) is 0 Å². The molecule has 0 bridgehead atoms. The van der Waals surface area contributed by atoms with Gasteiger partial charge in [0.15, 0.2) is 0 Å². The van der Waals surface area contributed by atoms with E-state index in [0.717, 1.165) is 18.4 Å². The van der Waals surface area contributed by atoms with Gasteiger partial charge in [0.05, 0.1) is 13.7 Å². The van der Waals surface area contributed by atoms with Crippen LogP contribution in [-0.4, -0.2) is 26.2 Å². The van der Waals surface area contributed by atoms with Crippen LogP contribution in [0.15, 0.2) is 0 Å². The van der Waals surface area contributed by atoms with Gasteiger partial charge < -0.3 is 10.1 Å². The fourth-order valence-electron chi connectivity index (χ4n) is 1.98. The van der Waals surface area contributed by atoms with Crippen LogP contribution in [0.3, 0.4) is 0 Å². The molecule has 3 heteroatoms. The van der Waals surface area contributed by atoms with Crippen molar-refractivity contribution in [2.24, 2.45) is 11.8 Å². The maximum absolute atomic E-state index is 10.8. The summed E-state index contributed by atoms with van der Waals surface area (Å²) in [6, 6.07) is 0. The largest absolute Gasteiger partial charge is 0.468 e. The third-order valence-electron chi connectivity index (χ3n) is 3.07. The van der Waals surface area contributed by atoms with Gasteiger partial charge in [-0.2, -0.15) is 0 Å². The molecule has 0 radical (unpaired) electrons. The molecule has 0 aromatic carbocycles. The van der Waals surface area contributed by atoms with Crippen LogP contribution in [0.4, 0.5) is 0 Å².